The molecule has 1 saturated heterocycles. The second kappa shape index (κ2) is 4.77. The standard InChI is InChI=1S/C12H14N8O/c1-19-12(16-17-18-19)10-7-20(4-5-21-10)9-2-3-13-11-8(9)6-14-15-11/h2-3,6,10H,4-5,7H2,1H3,(H,13,14,15). The fourth-order valence-corrected chi connectivity index (χ4v) is 2.65. The Kier molecular flexibility index (Phi) is 2.78. The molecule has 1 fully saturated rings. The molecule has 3 aromatic heterocycles. The first-order chi connectivity index (χ1) is 10.3. The number of hydrogen-bond acceptors (Lipinski definition) is 7. The van der Waals surface area contributed by atoms with Gasteiger partial charge in [-0.2, -0.15) is 5.10 Å². The molecule has 1 aliphatic rings. The van der Waals surface area contributed by atoms with Crippen molar-refractivity contribution in [1.29, 1.82) is 0 Å². The van der Waals surface area contributed by atoms with Crippen LogP contribution in [0, 0.1) is 0 Å². The topological polar surface area (TPSA) is 97.6 Å². The van der Waals surface area contributed by atoms with E-state index in [1.54, 1.807) is 17.1 Å². The molecule has 0 aromatic carbocycles. The maximum Gasteiger partial charge on any atom is 0.181 e. The van der Waals surface area contributed by atoms with E-state index in [1.807, 2.05) is 13.1 Å². The van der Waals surface area contributed by atoms with Gasteiger partial charge in [0, 0.05) is 19.8 Å². The Morgan fingerprint density at radius 2 is 2.38 bits per heavy atom. The lowest BCUT2D eigenvalue weighted by Crippen LogP contribution is -2.39. The molecule has 1 N–H and O–H groups in total. The molecule has 0 saturated carbocycles. The number of tetrazole rings is 1. The predicted molar refractivity (Wildman–Crippen MR) is 73.6 cm³/mol. The Labute approximate surface area is 119 Å². The first-order valence-electron chi connectivity index (χ1n) is 6.70. The average Bonchev–Trinajstić information content (AvgIpc) is 3.15. The van der Waals surface area contributed by atoms with Crippen molar-refractivity contribution in [2.24, 2.45) is 7.05 Å². The maximum atomic E-state index is 5.80. The summed E-state index contributed by atoms with van der Waals surface area (Å²) in [4.78, 5) is 6.52. The minimum absolute atomic E-state index is 0.145. The zero-order valence-corrected chi connectivity index (χ0v) is 11.5. The highest BCUT2D eigenvalue weighted by atomic mass is 16.5. The number of aromatic amines is 1. The monoisotopic (exact) mass is 286 g/mol. The van der Waals surface area contributed by atoms with E-state index in [0.717, 1.165) is 29.1 Å². The summed E-state index contributed by atoms with van der Waals surface area (Å²) < 4.78 is 7.45. The van der Waals surface area contributed by atoms with Crippen LogP contribution in [0.5, 0.6) is 0 Å². The van der Waals surface area contributed by atoms with Crippen LogP contribution in [0.2, 0.25) is 0 Å². The lowest BCUT2D eigenvalue weighted by atomic mass is 10.2. The van der Waals surface area contributed by atoms with E-state index in [-0.39, 0.29) is 6.10 Å². The zero-order chi connectivity index (χ0) is 14.2. The molecule has 9 heteroatoms. The molecule has 108 valence electrons. The molecule has 0 amide bonds. The molecule has 1 atom stereocenters. The molecule has 1 unspecified atom stereocenters. The summed E-state index contributed by atoms with van der Waals surface area (Å²) in [5.41, 5.74) is 1.88. The highest BCUT2D eigenvalue weighted by molar-refractivity contribution is 5.88. The fourth-order valence-electron chi connectivity index (χ4n) is 2.65. The average molecular weight is 286 g/mol. The predicted octanol–water partition coefficient (Wildman–Crippen LogP) is 0.0593. The number of morpholine rings is 1. The van der Waals surface area contributed by atoms with Crippen LogP contribution >= 0.6 is 0 Å². The van der Waals surface area contributed by atoms with Crippen LogP contribution in [0.1, 0.15) is 11.9 Å². The van der Waals surface area contributed by atoms with Gasteiger partial charge in [0.25, 0.3) is 0 Å². The van der Waals surface area contributed by atoms with E-state index >= 15 is 0 Å². The number of pyridine rings is 1. The number of aromatic nitrogens is 7. The molecule has 21 heavy (non-hydrogen) atoms. The number of anilines is 1. The van der Waals surface area contributed by atoms with Crippen LogP contribution in [0.15, 0.2) is 18.5 Å². The fraction of sp³-hybridized carbons (Fsp3) is 0.417. The molecule has 0 spiro atoms. The summed E-state index contributed by atoms with van der Waals surface area (Å²) in [7, 11) is 1.82. The van der Waals surface area contributed by atoms with Crippen molar-refractivity contribution in [1.82, 2.24) is 35.4 Å². The molecule has 0 bridgehead atoms. The van der Waals surface area contributed by atoms with Gasteiger partial charge >= 0.3 is 0 Å². The van der Waals surface area contributed by atoms with Gasteiger partial charge in [-0.05, 0) is 16.5 Å². The molecule has 3 aromatic rings. The van der Waals surface area contributed by atoms with Crippen LogP contribution in [0.25, 0.3) is 11.0 Å². The quantitative estimate of drug-likeness (QED) is 0.711. The lowest BCUT2D eigenvalue weighted by Gasteiger charge is -2.33. The molecule has 1 aliphatic heterocycles. The van der Waals surface area contributed by atoms with Crippen molar-refractivity contribution in [3.8, 4) is 0 Å². The van der Waals surface area contributed by atoms with Gasteiger partial charge in [-0.15, -0.1) is 5.10 Å². The van der Waals surface area contributed by atoms with Crippen molar-refractivity contribution in [2.75, 3.05) is 24.6 Å². The number of aryl methyl sites for hydroxylation is 1. The third kappa shape index (κ3) is 2.02. The van der Waals surface area contributed by atoms with E-state index in [4.69, 9.17) is 4.74 Å². The second-order valence-corrected chi connectivity index (χ2v) is 4.93. The van der Waals surface area contributed by atoms with Gasteiger partial charge in [-0.1, -0.05) is 0 Å². The van der Waals surface area contributed by atoms with Crippen LogP contribution in [-0.2, 0) is 11.8 Å². The number of hydrogen-bond donors (Lipinski definition) is 1. The van der Waals surface area contributed by atoms with Crippen molar-refractivity contribution < 1.29 is 4.74 Å². The van der Waals surface area contributed by atoms with Crippen molar-refractivity contribution in [2.45, 2.75) is 6.10 Å². The number of H-pyrrole nitrogens is 1. The molecule has 4 heterocycles. The Bertz CT molecular complexity index is 765. The number of nitrogens with one attached hydrogen (secondary N) is 1. The minimum Gasteiger partial charge on any atom is -0.366 e. The molecular weight excluding hydrogens is 272 g/mol. The third-order valence-corrected chi connectivity index (χ3v) is 3.68. The Morgan fingerprint density at radius 1 is 1.43 bits per heavy atom. The highest BCUT2D eigenvalue weighted by Crippen LogP contribution is 2.28. The van der Waals surface area contributed by atoms with E-state index in [1.165, 1.54) is 0 Å². The zero-order valence-electron chi connectivity index (χ0n) is 11.5. The number of fused-ring (bicyclic) bond motifs is 1. The van der Waals surface area contributed by atoms with Gasteiger partial charge in [-0.25, -0.2) is 9.67 Å². The van der Waals surface area contributed by atoms with Crippen LogP contribution in [0.4, 0.5) is 5.69 Å². The molecule has 9 nitrogen and oxygen atoms in total. The van der Waals surface area contributed by atoms with E-state index < -0.39 is 0 Å². The maximum absolute atomic E-state index is 5.80. The largest absolute Gasteiger partial charge is 0.366 e. The third-order valence-electron chi connectivity index (χ3n) is 3.68. The lowest BCUT2D eigenvalue weighted by molar-refractivity contribution is 0.0317. The van der Waals surface area contributed by atoms with Crippen molar-refractivity contribution >= 4 is 16.7 Å². The summed E-state index contributed by atoms with van der Waals surface area (Å²) in [5, 5.41) is 19.5. The van der Waals surface area contributed by atoms with E-state index in [9.17, 15) is 0 Å². The Hall–Kier alpha value is -2.55. The van der Waals surface area contributed by atoms with Gasteiger partial charge < -0.3 is 9.64 Å². The number of ether oxygens (including phenoxy) is 1. The van der Waals surface area contributed by atoms with Crippen LogP contribution < -0.4 is 4.90 Å². The molecule has 4 rings (SSSR count). The number of nitrogens with zero attached hydrogens (tertiary/aromatic N) is 7. The summed E-state index contributed by atoms with van der Waals surface area (Å²) in [6, 6.07) is 2.00. The molecule has 0 aliphatic carbocycles. The summed E-state index contributed by atoms with van der Waals surface area (Å²) in [6.07, 6.45) is 3.44. The highest BCUT2D eigenvalue weighted by Gasteiger charge is 2.27. The Morgan fingerprint density at radius 3 is 3.24 bits per heavy atom. The second-order valence-electron chi connectivity index (χ2n) is 4.93. The first kappa shape index (κ1) is 12.2. The van der Waals surface area contributed by atoms with Crippen molar-refractivity contribution in [3.05, 3.63) is 24.3 Å². The van der Waals surface area contributed by atoms with Gasteiger partial charge in [0.05, 0.1) is 30.4 Å². The summed E-state index contributed by atoms with van der Waals surface area (Å²) in [5.74, 6) is 0.734. The minimum atomic E-state index is -0.145. The van der Waals surface area contributed by atoms with Gasteiger partial charge in [0.15, 0.2) is 11.5 Å². The first-order valence-corrected chi connectivity index (χ1v) is 6.70. The molecule has 0 radical (unpaired) electrons. The van der Waals surface area contributed by atoms with Crippen LogP contribution in [0.3, 0.4) is 0 Å². The Balaban J connectivity index is 1.67. The van der Waals surface area contributed by atoms with Gasteiger partial charge in [-0.3, -0.25) is 5.10 Å². The number of rotatable bonds is 2. The van der Waals surface area contributed by atoms with Crippen LogP contribution in [-0.4, -0.2) is 55.1 Å². The summed E-state index contributed by atoms with van der Waals surface area (Å²) in [6.45, 7) is 2.13. The smallest absolute Gasteiger partial charge is 0.181 e. The van der Waals surface area contributed by atoms with Gasteiger partial charge in [0.2, 0.25) is 0 Å². The SMILES string of the molecule is Cn1nnnc1C1CN(c2ccnc3[nH]ncc23)CCO1. The molecular formula is C12H14N8O. The normalized spacial score (nSPS) is 19.3. The van der Waals surface area contributed by atoms with Gasteiger partial charge in [0.1, 0.15) is 6.10 Å². The van der Waals surface area contributed by atoms with E-state index in [2.05, 4.69) is 35.6 Å². The van der Waals surface area contributed by atoms with Crippen molar-refractivity contribution in [3.63, 3.8) is 0 Å². The van der Waals surface area contributed by atoms with E-state index in [0.29, 0.717) is 13.2 Å². The summed E-state index contributed by atoms with van der Waals surface area (Å²) >= 11 is 0.